The molecule has 82 valence electrons. The number of hydrogen-bond donors (Lipinski definition) is 0. The van der Waals surface area contributed by atoms with Gasteiger partial charge >= 0.3 is 0 Å². The van der Waals surface area contributed by atoms with Crippen molar-refractivity contribution in [2.75, 3.05) is 13.2 Å². The van der Waals surface area contributed by atoms with Crippen molar-refractivity contribution in [1.29, 1.82) is 0 Å². The Hall–Kier alpha value is -0.860. The first kappa shape index (κ1) is 10.7. The molecule has 0 saturated carbocycles. The van der Waals surface area contributed by atoms with Gasteiger partial charge in [-0.15, -0.1) is 0 Å². The maximum Gasteiger partial charge on any atom is 0.0674 e. The Morgan fingerprint density at radius 1 is 1.27 bits per heavy atom. The minimum Gasteiger partial charge on any atom is -0.376 e. The molecule has 2 rings (SSSR count). The molecule has 0 spiro atoms. The second-order valence-electron chi connectivity index (χ2n) is 4.41. The average molecular weight is 205 g/mol. The second kappa shape index (κ2) is 4.77. The van der Waals surface area contributed by atoms with Crippen LogP contribution >= 0.6 is 0 Å². The van der Waals surface area contributed by atoms with Gasteiger partial charge in [-0.1, -0.05) is 30.3 Å². The Morgan fingerprint density at radius 3 is 2.73 bits per heavy atom. The van der Waals surface area contributed by atoms with Crippen LogP contribution in [0.1, 0.15) is 19.4 Å². The molecule has 15 heavy (non-hydrogen) atoms. The Balaban J connectivity index is 1.98. The molecule has 0 aliphatic carbocycles. The highest BCUT2D eigenvalue weighted by molar-refractivity contribution is 5.14. The lowest BCUT2D eigenvalue weighted by Crippen LogP contribution is -2.46. The molecule has 1 heterocycles. The second-order valence-corrected chi connectivity index (χ2v) is 4.41. The van der Waals surface area contributed by atoms with Crippen LogP contribution in [0.25, 0.3) is 0 Å². The molecule has 0 amide bonds. The van der Waals surface area contributed by atoms with E-state index < -0.39 is 0 Å². The predicted octanol–water partition coefficient (Wildman–Crippen LogP) is 2.30. The van der Waals surface area contributed by atoms with Crippen LogP contribution in [0.2, 0.25) is 0 Å². The third-order valence-electron chi connectivity index (χ3n) is 2.97. The van der Waals surface area contributed by atoms with E-state index in [2.05, 4.69) is 49.1 Å². The van der Waals surface area contributed by atoms with Gasteiger partial charge in [-0.05, 0) is 19.4 Å². The summed E-state index contributed by atoms with van der Waals surface area (Å²) in [6, 6.07) is 11.2. The van der Waals surface area contributed by atoms with Gasteiger partial charge in [0.1, 0.15) is 0 Å². The molecule has 2 atom stereocenters. The van der Waals surface area contributed by atoms with E-state index in [1.54, 1.807) is 0 Å². The number of hydrogen-bond acceptors (Lipinski definition) is 2. The fraction of sp³-hybridized carbons (Fsp3) is 0.538. The van der Waals surface area contributed by atoms with Gasteiger partial charge in [-0.3, -0.25) is 4.90 Å². The lowest BCUT2D eigenvalue weighted by atomic mass is 10.1. The summed E-state index contributed by atoms with van der Waals surface area (Å²) < 4.78 is 5.62. The smallest absolute Gasteiger partial charge is 0.0674 e. The molecule has 1 aromatic carbocycles. The molecule has 1 fully saturated rings. The summed E-state index contributed by atoms with van der Waals surface area (Å²) in [4.78, 5) is 2.49. The number of nitrogens with zero attached hydrogens (tertiary/aromatic N) is 1. The third-order valence-corrected chi connectivity index (χ3v) is 2.97. The fourth-order valence-corrected chi connectivity index (χ4v) is 2.01. The highest BCUT2D eigenvalue weighted by Crippen LogP contribution is 2.14. The SMILES string of the molecule is CC1CN(Cc2ccccc2)C(C)CO1. The molecule has 1 aliphatic heterocycles. The summed E-state index contributed by atoms with van der Waals surface area (Å²) in [6.07, 6.45) is 0.366. The van der Waals surface area contributed by atoms with E-state index in [0.29, 0.717) is 12.1 Å². The van der Waals surface area contributed by atoms with Crippen molar-refractivity contribution in [3.63, 3.8) is 0 Å². The quantitative estimate of drug-likeness (QED) is 0.734. The normalized spacial score (nSPS) is 27.9. The van der Waals surface area contributed by atoms with Crippen LogP contribution in [-0.2, 0) is 11.3 Å². The van der Waals surface area contributed by atoms with E-state index in [4.69, 9.17) is 4.74 Å². The molecule has 0 radical (unpaired) electrons. The van der Waals surface area contributed by atoms with Crippen molar-refractivity contribution >= 4 is 0 Å². The van der Waals surface area contributed by atoms with Gasteiger partial charge in [0.2, 0.25) is 0 Å². The van der Waals surface area contributed by atoms with Crippen LogP contribution < -0.4 is 0 Å². The molecule has 2 heteroatoms. The van der Waals surface area contributed by atoms with Crippen LogP contribution in [0.5, 0.6) is 0 Å². The maximum atomic E-state index is 5.62. The molecular formula is C13H19NO. The Kier molecular flexibility index (Phi) is 3.39. The number of ether oxygens (including phenoxy) is 1. The summed E-state index contributed by atoms with van der Waals surface area (Å²) in [5, 5.41) is 0. The Labute approximate surface area is 91.9 Å². The van der Waals surface area contributed by atoms with Gasteiger partial charge in [0, 0.05) is 19.1 Å². The van der Waals surface area contributed by atoms with Crippen LogP contribution in [0, 0.1) is 0 Å². The van der Waals surface area contributed by atoms with Crippen LogP contribution in [0.4, 0.5) is 0 Å². The van der Waals surface area contributed by atoms with Crippen LogP contribution in [-0.4, -0.2) is 30.2 Å². The van der Waals surface area contributed by atoms with Crippen molar-refractivity contribution in [2.24, 2.45) is 0 Å². The van der Waals surface area contributed by atoms with Gasteiger partial charge in [0.15, 0.2) is 0 Å². The topological polar surface area (TPSA) is 12.5 Å². The maximum absolute atomic E-state index is 5.62. The molecule has 1 aromatic rings. The molecule has 2 unspecified atom stereocenters. The minimum atomic E-state index is 0.366. The lowest BCUT2D eigenvalue weighted by molar-refractivity contribution is -0.0526. The van der Waals surface area contributed by atoms with Crippen molar-refractivity contribution in [2.45, 2.75) is 32.5 Å². The van der Waals surface area contributed by atoms with Crippen molar-refractivity contribution in [1.82, 2.24) is 4.90 Å². The van der Waals surface area contributed by atoms with E-state index in [-0.39, 0.29) is 0 Å². The van der Waals surface area contributed by atoms with Gasteiger partial charge < -0.3 is 4.74 Å². The molecule has 0 bridgehead atoms. The minimum absolute atomic E-state index is 0.366. The fourth-order valence-electron chi connectivity index (χ4n) is 2.01. The molecule has 0 N–H and O–H groups in total. The summed E-state index contributed by atoms with van der Waals surface area (Å²) in [7, 11) is 0. The van der Waals surface area contributed by atoms with Crippen molar-refractivity contribution < 1.29 is 4.74 Å². The van der Waals surface area contributed by atoms with Crippen LogP contribution in [0.3, 0.4) is 0 Å². The number of morpholine rings is 1. The first-order valence-corrected chi connectivity index (χ1v) is 5.65. The highest BCUT2D eigenvalue weighted by Gasteiger charge is 2.22. The first-order valence-electron chi connectivity index (χ1n) is 5.65. The zero-order valence-corrected chi connectivity index (χ0v) is 9.52. The zero-order valence-electron chi connectivity index (χ0n) is 9.52. The Bertz CT molecular complexity index is 299. The Morgan fingerprint density at radius 2 is 2.00 bits per heavy atom. The molecule has 1 aliphatic rings. The molecule has 0 aromatic heterocycles. The summed E-state index contributed by atoms with van der Waals surface area (Å²) in [5.41, 5.74) is 1.39. The van der Waals surface area contributed by atoms with E-state index in [9.17, 15) is 0 Å². The third kappa shape index (κ3) is 2.80. The molecule has 1 saturated heterocycles. The van der Waals surface area contributed by atoms with Crippen molar-refractivity contribution in [3.05, 3.63) is 35.9 Å². The van der Waals surface area contributed by atoms with Crippen LogP contribution in [0.15, 0.2) is 30.3 Å². The monoisotopic (exact) mass is 205 g/mol. The molecular weight excluding hydrogens is 186 g/mol. The van der Waals surface area contributed by atoms with E-state index >= 15 is 0 Å². The van der Waals surface area contributed by atoms with E-state index in [0.717, 1.165) is 19.7 Å². The highest BCUT2D eigenvalue weighted by atomic mass is 16.5. The first-order chi connectivity index (χ1) is 7.25. The average Bonchev–Trinajstić information content (AvgIpc) is 2.25. The predicted molar refractivity (Wildman–Crippen MR) is 61.7 cm³/mol. The van der Waals surface area contributed by atoms with E-state index in [1.807, 2.05) is 0 Å². The van der Waals surface area contributed by atoms with Gasteiger partial charge in [0.25, 0.3) is 0 Å². The van der Waals surface area contributed by atoms with Crippen molar-refractivity contribution in [3.8, 4) is 0 Å². The van der Waals surface area contributed by atoms with Gasteiger partial charge in [0.05, 0.1) is 12.7 Å². The van der Waals surface area contributed by atoms with Gasteiger partial charge in [-0.25, -0.2) is 0 Å². The largest absolute Gasteiger partial charge is 0.376 e. The van der Waals surface area contributed by atoms with Gasteiger partial charge in [-0.2, -0.15) is 0 Å². The summed E-state index contributed by atoms with van der Waals surface area (Å²) >= 11 is 0. The number of rotatable bonds is 2. The summed E-state index contributed by atoms with van der Waals surface area (Å²) in [5.74, 6) is 0. The van der Waals surface area contributed by atoms with E-state index in [1.165, 1.54) is 5.56 Å². The zero-order chi connectivity index (χ0) is 10.7. The summed E-state index contributed by atoms with van der Waals surface area (Å²) in [6.45, 7) is 7.30. The standard InChI is InChI=1S/C13H19NO/c1-11-10-15-12(2)8-14(11)9-13-6-4-3-5-7-13/h3-7,11-12H,8-10H2,1-2H3. The molecule has 2 nitrogen and oxygen atoms in total. The number of benzene rings is 1. The lowest BCUT2D eigenvalue weighted by Gasteiger charge is -2.36.